The molecule has 4 aromatic carbocycles. The summed E-state index contributed by atoms with van der Waals surface area (Å²) < 4.78 is 28.1. The largest absolute Gasteiger partial charge is 1.00 e. The number of esters is 1. The van der Waals surface area contributed by atoms with Crippen LogP contribution in [0.3, 0.4) is 0 Å². The predicted molar refractivity (Wildman–Crippen MR) is 181 cm³/mol. The molecule has 0 amide bonds. The molecule has 0 fully saturated rings. The summed E-state index contributed by atoms with van der Waals surface area (Å²) in [5, 5.41) is 10.3. The van der Waals surface area contributed by atoms with E-state index in [9.17, 15) is 9.90 Å². The number of carbonyl (C=O) groups excluding carboxylic acids is 1. The number of halogens is 2. The summed E-state index contributed by atoms with van der Waals surface area (Å²) in [5.74, 6) is 2.21. The molecule has 0 spiro atoms. The monoisotopic (exact) mass is 669 g/mol. The number of carbonyl (C=O) groups is 1. The van der Waals surface area contributed by atoms with E-state index < -0.39 is 6.10 Å². The van der Waals surface area contributed by atoms with Crippen LogP contribution in [0.5, 0.6) is 23.0 Å². The molecule has 2 heterocycles. The third kappa shape index (κ3) is 10.6. The van der Waals surface area contributed by atoms with Crippen LogP contribution >= 0.6 is 23.2 Å². The fourth-order valence-electron chi connectivity index (χ4n) is 5.04. The van der Waals surface area contributed by atoms with Gasteiger partial charge in [-0.3, -0.25) is 0 Å². The first-order valence-electron chi connectivity index (χ1n) is 15.0. The first-order chi connectivity index (χ1) is 21.9. The number of aliphatic hydroxyl groups is 1. The maximum Gasteiger partial charge on any atom is 1.00 e. The fraction of sp³-hybridized carbons (Fsp3) is 0.306. The SMILES string of the molecule is CCOC(=O)C1CCc2cc(Cl)c(OCc3ccccc3)cc2O1.OCC1CCc2cc(Cl)c(OCc3ccccc3)cc2O1.[B].[H-].[Li+]. The van der Waals surface area contributed by atoms with Crippen LogP contribution < -0.4 is 37.8 Å². The zero-order chi connectivity index (χ0) is 31.6. The molecule has 0 bridgehead atoms. The van der Waals surface area contributed by atoms with Gasteiger partial charge in [0.25, 0.3) is 0 Å². The maximum absolute atomic E-state index is 11.9. The van der Waals surface area contributed by atoms with E-state index in [1.54, 1.807) is 13.0 Å². The van der Waals surface area contributed by atoms with E-state index in [0.717, 1.165) is 47.3 Å². The van der Waals surface area contributed by atoms with Gasteiger partial charge in [0.15, 0.2) is 6.10 Å². The minimum absolute atomic E-state index is 0. The number of ether oxygens (including phenoxy) is 5. The van der Waals surface area contributed by atoms with Crippen LogP contribution in [0.15, 0.2) is 84.9 Å². The molecule has 3 radical (unpaired) electrons. The van der Waals surface area contributed by atoms with Crippen molar-refractivity contribution in [3.63, 3.8) is 0 Å². The smallest absolute Gasteiger partial charge is 1.00 e. The average Bonchev–Trinajstić information content (AvgIpc) is 3.07. The number of rotatable bonds is 9. The van der Waals surface area contributed by atoms with Crippen molar-refractivity contribution in [1.29, 1.82) is 0 Å². The van der Waals surface area contributed by atoms with Crippen molar-refractivity contribution in [3.05, 3.63) is 117 Å². The third-order valence-electron chi connectivity index (χ3n) is 7.43. The Morgan fingerprint density at radius 2 is 1.30 bits per heavy atom. The van der Waals surface area contributed by atoms with Gasteiger partial charge in [-0.25, -0.2) is 4.79 Å². The summed E-state index contributed by atoms with van der Waals surface area (Å²) in [4.78, 5) is 11.9. The summed E-state index contributed by atoms with van der Waals surface area (Å²) in [6.45, 7) is 3.03. The second-order valence-corrected chi connectivity index (χ2v) is 11.5. The van der Waals surface area contributed by atoms with Crippen molar-refractivity contribution in [1.82, 2.24) is 0 Å². The van der Waals surface area contributed by atoms with Crippen LogP contribution in [0.1, 0.15) is 43.4 Å². The van der Waals surface area contributed by atoms with Crippen molar-refractivity contribution >= 4 is 37.6 Å². The van der Waals surface area contributed by atoms with Crippen LogP contribution in [0.4, 0.5) is 0 Å². The summed E-state index contributed by atoms with van der Waals surface area (Å²) in [7, 11) is 0. The van der Waals surface area contributed by atoms with Crippen LogP contribution in [-0.4, -0.2) is 44.9 Å². The molecule has 1 N–H and O–H groups in total. The van der Waals surface area contributed by atoms with Gasteiger partial charge in [0.1, 0.15) is 42.3 Å². The van der Waals surface area contributed by atoms with Gasteiger partial charge < -0.3 is 30.2 Å². The second-order valence-electron chi connectivity index (χ2n) is 10.7. The van der Waals surface area contributed by atoms with E-state index in [1.165, 1.54) is 0 Å². The van der Waals surface area contributed by atoms with Gasteiger partial charge >= 0.3 is 24.8 Å². The number of aryl methyl sites for hydroxylation is 2. The Hall–Kier alpha value is -3.25. The molecule has 0 saturated heterocycles. The van der Waals surface area contributed by atoms with Gasteiger partial charge in [-0.15, -0.1) is 0 Å². The van der Waals surface area contributed by atoms with Gasteiger partial charge in [-0.2, -0.15) is 0 Å². The van der Waals surface area contributed by atoms with E-state index in [2.05, 4.69) is 0 Å². The van der Waals surface area contributed by atoms with Crippen molar-refractivity contribution in [2.45, 2.75) is 58.0 Å². The van der Waals surface area contributed by atoms with Crippen LogP contribution in [0.2, 0.25) is 10.0 Å². The molecule has 2 atom stereocenters. The second kappa shape index (κ2) is 18.9. The molecule has 4 aromatic rings. The Bertz CT molecular complexity index is 1580. The standard InChI is InChI=1S/C19H19ClO4.C17H17ClO3.B.Li.H/c1-2-22-19(21)16-9-8-14-10-15(20)18(11-17(14)24-16)23-12-13-6-4-3-5-7-13;18-15-8-13-6-7-14(10-19)21-16(13)9-17(15)20-11-12-4-2-1-3-5-12;;;/h3-7,10-11,16H,2,8-9,12H2,1H3;1-5,8-9,14,19H,6-7,10-11H2;;;/q;;;+1;-1. The van der Waals surface area contributed by atoms with Crippen LogP contribution in [0, 0.1) is 0 Å². The molecule has 11 heteroatoms. The molecule has 0 aromatic heterocycles. The number of hydrogen-bond donors (Lipinski definition) is 1. The summed E-state index contributed by atoms with van der Waals surface area (Å²) in [6.07, 6.45) is 2.27. The summed E-state index contributed by atoms with van der Waals surface area (Å²) >= 11 is 12.6. The average molecular weight is 670 g/mol. The Kier molecular flexibility index (Phi) is 15.4. The van der Waals surface area contributed by atoms with E-state index in [0.29, 0.717) is 53.5 Å². The summed E-state index contributed by atoms with van der Waals surface area (Å²) in [5.41, 5.74) is 4.18. The Labute approximate surface area is 301 Å². The van der Waals surface area contributed by atoms with Crippen molar-refractivity contribution < 1.29 is 53.9 Å². The topological polar surface area (TPSA) is 83.5 Å². The first kappa shape index (κ1) is 38.2. The van der Waals surface area contributed by atoms with Crippen LogP contribution in [-0.2, 0) is 35.6 Å². The molecule has 6 rings (SSSR count). The molecule has 2 unspecified atom stereocenters. The molecule has 0 aliphatic carbocycles. The van der Waals surface area contributed by atoms with Crippen LogP contribution in [0.25, 0.3) is 0 Å². The van der Waals surface area contributed by atoms with Gasteiger partial charge in [0.2, 0.25) is 0 Å². The molecule has 7 nitrogen and oxygen atoms in total. The predicted octanol–water partition coefficient (Wildman–Crippen LogP) is 4.52. The van der Waals surface area contributed by atoms with E-state index >= 15 is 0 Å². The van der Waals surface area contributed by atoms with Crippen molar-refractivity contribution in [3.8, 4) is 23.0 Å². The molecular formula is C36H37BCl2LiO7. The Morgan fingerprint density at radius 1 is 0.809 bits per heavy atom. The van der Waals surface area contributed by atoms with Gasteiger partial charge in [0, 0.05) is 20.5 Å². The number of fused-ring (bicyclic) bond motifs is 2. The zero-order valence-corrected chi connectivity index (χ0v) is 28.1. The molecule has 2 aliphatic rings. The normalized spacial score (nSPS) is 15.7. The van der Waals surface area contributed by atoms with E-state index in [4.69, 9.17) is 46.9 Å². The molecule has 47 heavy (non-hydrogen) atoms. The quantitative estimate of drug-likeness (QED) is 0.207. The van der Waals surface area contributed by atoms with E-state index in [-0.39, 0.29) is 47.4 Å². The number of hydrogen-bond acceptors (Lipinski definition) is 7. The minimum atomic E-state index is -0.569. The maximum atomic E-state index is 11.9. The number of aliphatic hydroxyl groups excluding tert-OH is 1. The molecule has 2 aliphatic heterocycles. The zero-order valence-electron chi connectivity index (χ0n) is 27.6. The molecular weight excluding hydrogens is 633 g/mol. The van der Waals surface area contributed by atoms with Gasteiger partial charge in [0.05, 0.1) is 23.3 Å². The molecule has 0 saturated carbocycles. The first-order valence-corrected chi connectivity index (χ1v) is 15.8. The van der Waals surface area contributed by atoms with Gasteiger partial charge in [-0.05, 0) is 67.0 Å². The minimum Gasteiger partial charge on any atom is -1.00 e. The Balaban J connectivity index is 0.000000316. The van der Waals surface area contributed by atoms with Crippen molar-refractivity contribution in [2.75, 3.05) is 13.2 Å². The Morgan fingerprint density at radius 3 is 1.79 bits per heavy atom. The van der Waals surface area contributed by atoms with Gasteiger partial charge in [-0.1, -0.05) is 83.9 Å². The number of benzene rings is 4. The summed E-state index contributed by atoms with van der Waals surface area (Å²) in [6, 6.07) is 27.1. The van der Waals surface area contributed by atoms with E-state index in [1.807, 2.05) is 78.9 Å². The molecule has 241 valence electrons. The van der Waals surface area contributed by atoms with Crippen molar-refractivity contribution in [2.24, 2.45) is 0 Å². The fourth-order valence-corrected chi connectivity index (χ4v) is 5.52. The third-order valence-corrected chi connectivity index (χ3v) is 8.02.